The van der Waals surface area contributed by atoms with Crippen LogP contribution in [-0.2, 0) is 0 Å². The number of rotatable bonds is 1. The van der Waals surface area contributed by atoms with Crippen LogP contribution in [0.15, 0.2) is 48.7 Å². The quantitative estimate of drug-likeness (QED) is 0.666. The van der Waals surface area contributed by atoms with Gasteiger partial charge in [-0.05, 0) is 24.3 Å². The van der Waals surface area contributed by atoms with E-state index in [0.29, 0.717) is 0 Å². The average molecular weight is 250 g/mol. The first-order valence-electron chi connectivity index (χ1n) is 6.02. The molecule has 0 unspecified atom stereocenters. The van der Waals surface area contributed by atoms with Crippen LogP contribution >= 0.6 is 0 Å². The number of pyridine rings is 2. The summed E-state index contributed by atoms with van der Waals surface area (Å²) in [5.74, 6) is 1.53. The van der Waals surface area contributed by atoms with Crippen molar-refractivity contribution in [1.29, 1.82) is 0 Å². The van der Waals surface area contributed by atoms with Gasteiger partial charge in [0, 0.05) is 17.6 Å². The summed E-state index contributed by atoms with van der Waals surface area (Å²) in [7, 11) is 0. The fourth-order valence-electron chi connectivity index (χ4n) is 2.17. The molecule has 2 aromatic heterocycles. The van der Waals surface area contributed by atoms with E-state index in [1.165, 1.54) is 0 Å². The van der Waals surface area contributed by atoms with E-state index in [1.807, 2.05) is 42.5 Å². The predicted molar refractivity (Wildman–Crippen MR) is 71.1 cm³/mol. The maximum atomic E-state index is 5.37. The summed E-state index contributed by atoms with van der Waals surface area (Å²) in [6, 6.07) is 13.6. The van der Waals surface area contributed by atoms with Crippen LogP contribution in [0.3, 0.4) is 0 Å². The van der Waals surface area contributed by atoms with Crippen molar-refractivity contribution in [2.75, 3.05) is 6.79 Å². The summed E-state index contributed by atoms with van der Waals surface area (Å²) in [5.41, 5.74) is 2.60. The molecule has 4 nitrogen and oxygen atoms in total. The molecular formula is C15H10N2O2. The van der Waals surface area contributed by atoms with Crippen molar-refractivity contribution in [3.8, 4) is 22.9 Å². The summed E-state index contributed by atoms with van der Waals surface area (Å²) < 4.78 is 10.7. The summed E-state index contributed by atoms with van der Waals surface area (Å²) in [5, 5.41) is 1.03. The minimum atomic E-state index is 0.277. The third-order valence-electron chi connectivity index (χ3n) is 3.11. The number of fused-ring (bicyclic) bond motifs is 2. The molecule has 1 aliphatic heterocycles. The van der Waals surface area contributed by atoms with Gasteiger partial charge in [0.2, 0.25) is 6.79 Å². The lowest BCUT2D eigenvalue weighted by molar-refractivity contribution is 0.174. The van der Waals surface area contributed by atoms with Crippen molar-refractivity contribution in [1.82, 2.24) is 9.97 Å². The van der Waals surface area contributed by atoms with Gasteiger partial charge in [-0.1, -0.05) is 12.1 Å². The summed E-state index contributed by atoms with van der Waals surface area (Å²) >= 11 is 0. The molecule has 0 saturated heterocycles. The molecule has 0 atom stereocenters. The van der Waals surface area contributed by atoms with Crippen molar-refractivity contribution in [3.63, 3.8) is 0 Å². The zero-order chi connectivity index (χ0) is 12.7. The molecular weight excluding hydrogens is 240 g/mol. The standard InChI is InChI=1S/C15H10N2O2/c1-2-6-16-11(3-1)12-5-4-10-7-14-15(19-9-18-14)8-13(10)17-12/h1-8H,9H2. The first-order chi connectivity index (χ1) is 9.40. The molecule has 4 rings (SSSR count). The Labute approximate surface area is 109 Å². The lowest BCUT2D eigenvalue weighted by Crippen LogP contribution is -1.92. The Morgan fingerprint density at radius 1 is 0.895 bits per heavy atom. The van der Waals surface area contributed by atoms with Gasteiger partial charge in [0.05, 0.1) is 16.9 Å². The highest BCUT2D eigenvalue weighted by Crippen LogP contribution is 2.35. The number of hydrogen-bond acceptors (Lipinski definition) is 4. The highest BCUT2D eigenvalue weighted by molar-refractivity contribution is 5.84. The molecule has 0 bridgehead atoms. The summed E-state index contributed by atoms with van der Waals surface area (Å²) in [4.78, 5) is 8.93. The van der Waals surface area contributed by atoms with Crippen molar-refractivity contribution >= 4 is 10.9 Å². The Bertz CT molecular complexity index is 757. The second kappa shape index (κ2) is 3.95. The van der Waals surface area contributed by atoms with Crippen LogP contribution in [0, 0.1) is 0 Å². The Kier molecular flexibility index (Phi) is 2.14. The zero-order valence-electron chi connectivity index (χ0n) is 10.0. The van der Waals surface area contributed by atoms with Gasteiger partial charge in [-0.2, -0.15) is 0 Å². The Hall–Kier alpha value is -2.62. The molecule has 1 aliphatic rings. The van der Waals surface area contributed by atoms with Crippen molar-refractivity contribution in [2.45, 2.75) is 0 Å². The largest absolute Gasteiger partial charge is 0.454 e. The minimum absolute atomic E-state index is 0.277. The number of ether oxygens (including phenoxy) is 2. The topological polar surface area (TPSA) is 44.2 Å². The normalized spacial score (nSPS) is 12.8. The predicted octanol–water partition coefficient (Wildman–Crippen LogP) is 3.03. The van der Waals surface area contributed by atoms with E-state index < -0.39 is 0 Å². The minimum Gasteiger partial charge on any atom is -0.454 e. The van der Waals surface area contributed by atoms with Crippen LogP contribution in [0.1, 0.15) is 0 Å². The number of aromatic nitrogens is 2. The van der Waals surface area contributed by atoms with Crippen LogP contribution in [0.4, 0.5) is 0 Å². The molecule has 0 saturated carbocycles. The molecule has 0 aliphatic carbocycles. The highest BCUT2D eigenvalue weighted by Gasteiger charge is 2.15. The number of nitrogens with zero attached hydrogens (tertiary/aromatic N) is 2. The molecule has 0 fully saturated rings. The average Bonchev–Trinajstić information content (AvgIpc) is 2.92. The van der Waals surface area contributed by atoms with Gasteiger partial charge in [0.15, 0.2) is 11.5 Å². The van der Waals surface area contributed by atoms with Crippen LogP contribution in [0.5, 0.6) is 11.5 Å². The fourth-order valence-corrected chi connectivity index (χ4v) is 2.17. The first-order valence-corrected chi connectivity index (χ1v) is 6.02. The smallest absolute Gasteiger partial charge is 0.231 e. The van der Waals surface area contributed by atoms with E-state index in [4.69, 9.17) is 9.47 Å². The van der Waals surface area contributed by atoms with E-state index in [0.717, 1.165) is 33.8 Å². The highest BCUT2D eigenvalue weighted by atomic mass is 16.7. The molecule has 1 aromatic carbocycles. The molecule has 3 heterocycles. The van der Waals surface area contributed by atoms with Crippen molar-refractivity contribution in [3.05, 3.63) is 48.7 Å². The van der Waals surface area contributed by atoms with Crippen LogP contribution in [0.2, 0.25) is 0 Å². The Morgan fingerprint density at radius 3 is 2.63 bits per heavy atom. The third-order valence-corrected chi connectivity index (χ3v) is 3.11. The second-order valence-corrected chi connectivity index (χ2v) is 4.31. The molecule has 92 valence electrons. The van der Waals surface area contributed by atoms with Gasteiger partial charge < -0.3 is 9.47 Å². The number of benzene rings is 1. The third kappa shape index (κ3) is 1.69. The van der Waals surface area contributed by atoms with Crippen LogP contribution < -0.4 is 9.47 Å². The van der Waals surface area contributed by atoms with E-state index in [-0.39, 0.29) is 6.79 Å². The lowest BCUT2D eigenvalue weighted by atomic mass is 10.1. The molecule has 19 heavy (non-hydrogen) atoms. The summed E-state index contributed by atoms with van der Waals surface area (Å²) in [6.45, 7) is 0.277. The van der Waals surface area contributed by atoms with E-state index in [1.54, 1.807) is 6.20 Å². The number of hydrogen-bond donors (Lipinski definition) is 0. The van der Waals surface area contributed by atoms with Crippen LogP contribution in [-0.4, -0.2) is 16.8 Å². The SMILES string of the molecule is c1ccc(-c2ccc3cc4c(cc3n2)OCO4)nc1. The van der Waals surface area contributed by atoms with Gasteiger partial charge in [-0.25, -0.2) is 4.98 Å². The maximum Gasteiger partial charge on any atom is 0.231 e. The van der Waals surface area contributed by atoms with Gasteiger partial charge in [0.25, 0.3) is 0 Å². The molecule has 0 amide bonds. The molecule has 0 spiro atoms. The van der Waals surface area contributed by atoms with Gasteiger partial charge in [-0.3, -0.25) is 4.98 Å². The van der Waals surface area contributed by atoms with Crippen molar-refractivity contribution in [2.24, 2.45) is 0 Å². The second-order valence-electron chi connectivity index (χ2n) is 4.31. The Morgan fingerprint density at radius 2 is 1.79 bits per heavy atom. The van der Waals surface area contributed by atoms with Gasteiger partial charge >= 0.3 is 0 Å². The maximum absolute atomic E-state index is 5.37. The molecule has 4 heteroatoms. The lowest BCUT2D eigenvalue weighted by Gasteiger charge is -2.03. The Balaban J connectivity index is 1.90. The fraction of sp³-hybridized carbons (Fsp3) is 0.0667. The zero-order valence-corrected chi connectivity index (χ0v) is 10.0. The van der Waals surface area contributed by atoms with Gasteiger partial charge in [0.1, 0.15) is 0 Å². The summed E-state index contributed by atoms with van der Waals surface area (Å²) in [6.07, 6.45) is 1.76. The molecule has 0 radical (unpaired) electrons. The first kappa shape index (κ1) is 10.3. The molecule has 0 N–H and O–H groups in total. The monoisotopic (exact) mass is 250 g/mol. The van der Waals surface area contributed by atoms with E-state index in [2.05, 4.69) is 9.97 Å². The molecule has 3 aromatic rings. The van der Waals surface area contributed by atoms with Crippen LogP contribution in [0.25, 0.3) is 22.3 Å². The van der Waals surface area contributed by atoms with Crippen molar-refractivity contribution < 1.29 is 9.47 Å². The van der Waals surface area contributed by atoms with Gasteiger partial charge in [-0.15, -0.1) is 0 Å². The van der Waals surface area contributed by atoms with E-state index >= 15 is 0 Å². The van der Waals surface area contributed by atoms with E-state index in [9.17, 15) is 0 Å².